The van der Waals surface area contributed by atoms with Crippen LogP contribution in [0.2, 0.25) is 0 Å². The van der Waals surface area contributed by atoms with Gasteiger partial charge in [0, 0.05) is 16.3 Å². The number of pyridine rings is 1. The molecule has 234 valence electrons. The molecule has 1 fully saturated rings. The number of rotatable bonds is 4. The Morgan fingerprint density at radius 3 is 2.08 bits per heavy atom. The van der Waals surface area contributed by atoms with Crippen molar-refractivity contribution in [1.29, 1.82) is 0 Å². The van der Waals surface area contributed by atoms with Crippen LogP contribution in [0.5, 0.6) is 0 Å². The summed E-state index contributed by atoms with van der Waals surface area (Å²) in [7, 11) is -0.403. The fraction of sp³-hybridized carbons (Fsp3) is 0.205. The summed E-state index contributed by atoms with van der Waals surface area (Å²) >= 11 is 0. The number of nitrogens with zero attached hydrogens (tertiary/aromatic N) is 1. The minimum absolute atomic E-state index is 0.387. The minimum Gasteiger partial charge on any atom is -0.399 e. The molecule has 6 aromatic rings. The molecule has 3 nitrogen and oxygen atoms in total. The average molecular weight is 624 g/mol. The van der Waals surface area contributed by atoms with Crippen LogP contribution in [-0.2, 0) is 14.7 Å². The molecule has 2 heterocycles. The highest BCUT2D eigenvalue weighted by Gasteiger charge is 2.52. The van der Waals surface area contributed by atoms with Gasteiger partial charge in [0.25, 0.3) is 0 Å². The van der Waals surface area contributed by atoms with Crippen molar-refractivity contribution in [3.63, 3.8) is 0 Å². The van der Waals surface area contributed by atoms with Crippen LogP contribution in [0.1, 0.15) is 57.2 Å². The number of allylic oxidation sites excluding steroid dienone is 4. The van der Waals surface area contributed by atoms with Gasteiger partial charge in [-0.3, -0.25) is 0 Å². The highest BCUT2D eigenvalue weighted by atomic mass is 16.7. The molecule has 48 heavy (non-hydrogen) atoms. The Morgan fingerprint density at radius 2 is 1.33 bits per heavy atom. The molecule has 1 atom stereocenters. The van der Waals surface area contributed by atoms with Gasteiger partial charge in [-0.05, 0) is 103 Å². The molecule has 0 spiro atoms. The lowest BCUT2D eigenvalue weighted by Crippen LogP contribution is -2.41. The molecule has 3 aliphatic rings. The zero-order valence-electron chi connectivity index (χ0n) is 28.0. The molecule has 0 N–H and O–H groups in total. The number of benzene rings is 5. The predicted molar refractivity (Wildman–Crippen MR) is 199 cm³/mol. The van der Waals surface area contributed by atoms with Gasteiger partial charge < -0.3 is 9.31 Å². The van der Waals surface area contributed by atoms with E-state index in [1.165, 1.54) is 44.2 Å². The number of para-hydroxylation sites is 1. The summed E-state index contributed by atoms with van der Waals surface area (Å²) in [6.45, 7) is 8.38. The van der Waals surface area contributed by atoms with E-state index in [4.69, 9.17) is 14.3 Å². The lowest BCUT2D eigenvalue weighted by molar-refractivity contribution is 0.00578. The van der Waals surface area contributed by atoms with Crippen LogP contribution in [0.15, 0.2) is 139 Å². The Bertz CT molecular complexity index is 2290. The zero-order chi connectivity index (χ0) is 32.7. The molecule has 1 aliphatic heterocycles. The van der Waals surface area contributed by atoms with Gasteiger partial charge in [-0.15, -0.1) is 0 Å². The third-order valence-electron chi connectivity index (χ3n) is 11.2. The smallest absolute Gasteiger partial charge is 0.399 e. The highest BCUT2D eigenvalue weighted by molar-refractivity contribution is 6.62. The Hall–Kier alpha value is -4.77. The van der Waals surface area contributed by atoms with E-state index in [0.29, 0.717) is 0 Å². The zero-order valence-corrected chi connectivity index (χ0v) is 28.0. The van der Waals surface area contributed by atoms with Crippen molar-refractivity contribution in [2.24, 2.45) is 0 Å². The summed E-state index contributed by atoms with van der Waals surface area (Å²) < 4.78 is 12.7. The van der Waals surface area contributed by atoms with Crippen LogP contribution in [-0.4, -0.2) is 23.3 Å². The van der Waals surface area contributed by atoms with Crippen LogP contribution in [0.4, 0.5) is 0 Å². The van der Waals surface area contributed by atoms with Crippen LogP contribution in [0.25, 0.3) is 44.1 Å². The maximum Gasteiger partial charge on any atom is 0.494 e. The molecule has 1 saturated heterocycles. The van der Waals surface area contributed by atoms with E-state index in [9.17, 15) is 0 Å². The summed E-state index contributed by atoms with van der Waals surface area (Å²) in [4.78, 5) is 5.33. The fourth-order valence-electron chi connectivity index (χ4n) is 8.09. The number of aromatic nitrogens is 1. The quantitative estimate of drug-likeness (QED) is 0.145. The van der Waals surface area contributed by atoms with Crippen molar-refractivity contribution in [1.82, 2.24) is 4.98 Å². The Morgan fingerprint density at radius 1 is 0.625 bits per heavy atom. The molecule has 1 unspecified atom stereocenters. The van der Waals surface area contributed by atoms with E-state index < -0.39 is 12.5 Å². The second-order valence-corrected chi connectivity index (χ2v) is 14.4. The third kappa shape index (κ3) is 4.19. The first-order chi connectivity index (χ1) is 23.3. The first-order valence-electron chi connectivity index (χ1n) is 17.1. The van der Waals surface area contributed by atoms with Crippen molar-refractivity contribution in [2.75, 3.05) is 0 Å². The van der Waals surface area contributed by atoms with Gasteiger partial charge in [0.05, 0.1) is 27.8 Å². The van der Waals surface area contributed by atoms with Crippen molar-refractivity contribution in [2.45, 2.75) is 57.2 Å². The van der Waals surface area contributed by atoms with E-state index in [0.717, 1.165) is 40.5 Å². The normalized spacial score (nSPS) is 20.6. The maximum atomic E-state index is 6.37. The van der Waals surface area contributed by atoms with Crippen LogP contribution in [0.3, 0.4) is 0 Å². The van der Waals surface area contributed by atoms with Crippen molar-refractivity contribution >= 4 is 34.3 Å². The van der Waals surface area contributed by atoms with Gasteiger partial charge in [0.15, 0.2) is 0 Å². The second-order valence-electron chi connectivity index (χ2n) is 14.4. The lowest BCUT2D eigenvalue weighted by atomic mass is 9.66. The Labute approximate surface area is 283 Å². The standard InChI is InChI=1S/C44H38BNO2/c1-42(2)43(3,4)48-45(47-42)32-25-23-29(24-26-32)41-37-27-36-33-19-11-13-21-38(33)44(30-15-7-5-8-16-30,31-17-9-6-10-18-31)39(36)28-35(37)34-20-12-14-22-40(34)46-41/h5,7-9,11-28H,6,10H2,1-4H3. The summed E-state index contributed by atoms with van der Waals surface area (Å²) in [5, 5.41) is 3.54. The largest absolute Gasteiger partial charge is 0.494 e. The SMILES string of the molecule is CC1(C)OB(c2ccc(-c3nc4ccccc4c4cc5c(cc34)-c3ccccc3C5(C3=CCCC=C3)c3ccccc3)cc2)OC1(C)C. The van der Waals surface area contributed by atoms with Crippen molar-refractivity contribution in [3.05, 3.63) is 156 Å². The summed E-state index contributed by atoms with van der Waals surface area (Å²) in [5.74, 6) is 0. The monoisotopic (exact) mass is 623 g/mol. The van der Waals surface area contributed by atoms with E-state index >= 15 is 0 Å². The molecule has 0 radical (unpaired) electrons. The molecule has 4 heteroatoms. The lowest BCUT2D eigenvalue weighted by Gasteiger charge is -2.35. The van der Waals surface area contributed by atoms with Crippen LogP contribution < -0.4 is 5.46 Å². The molecular formula is C44H38BNO2. The van der Waals surface area contributed by atoms with E-state index in [1.54, 1.807) is 0 Å². The highest BCUT2D eigenvalue weighted by Crippen LogP contribution is 2.58. The van der Waals surface area contributed by atoms with Crippen molar-refractivity contribution < 1.29 is 9.31 Å². The molecule has 9 rings (SSSR count). The molecule has 0 bridgehead atoms. The van der Waals surface area contributed by atoms with E-state index in [-0.39, 0.29) is 11.2 Å². The summed E-state index contributed by atoms with van der Waals surface area (Å²) in [5.41, 5.74) is 10.8. The fourth-order valence-corrected chi connectivity index (χ4v) is 8.09. The predicted octanol–water partition coefficient (Wildman–Crippen LogP) is 9.95. The molecular weight excluding hydrogens is 585 g/mol. The van der Waals surface area contributed by atoms with Gasteiger partial charge in [-0.25, -0.2) is 4.98 Å². The van der Waals surface area contributed by atoms with E-state index in [1.807, 2.05) is 0 Å². The minimum atomic E-state index is -0.409. The second kappa shape index (κ2) is 10.6. The molecule has 5 aromatic carbocycles. The maximum absolute atomic E-state index is 6.37. The van der Waals surface area contributed by atoms with Crippen LogP contribution in [0, 0.1) is 0 Å². The molecule has 0 amide bonds. The molecule has 1 aromatic heterocycles. The Kier molecular flexibility index (Phi) is 6.50. The topological polar surface area (TPSA) is 31.4 Å². The third-order valence-corrected chi connectivity index (χ3v) is 11.2. The summed E-state index contributed by atoms with van der Waals surface area (Å²) in [6, 6.07) is 42.1. The van der Waals surface area contributed by atoms with Gasteiger partial charge >= 0.3 is 7.12 Å². The van der Waals surface area contributed by atoms with Gasteiger partial charge in [0.2, 0.25) is 0 Å². The Balaban J connectivity index is 1.29. The molecule has 0 saturated carbocycles. The van der Waals surface area contributed by atoms with Gasteiger partial charge in [-0.1, -0.05) is 115 Å². The molecule has 2 aliphatic carbocycles. The summed E-state index contributed by atoms with van der Waals surface area (Å²) in [6.07, 6.45) is 9.29. The first kappa shape index (κ1) is 29.4. The van der Waals surface area contributed by atoms with Gasteiger partial charge in [-0.2, -0.15) is 0 Å². The van der Waals surface area contributed by atoms with Crippen LogP contribution >= 0.6 is 0 Å². The van der Waals surface area contributed by atoms with E-state index in [2.05, 4.69) is 161 Å². The average Bonchev–Trinajstić information content (AvgIpc) is 3.53. The van der Waals surface area contributed by atoms with Gasteiger partial charge in [0.1, 0.15) is 0 Å². The number of hydrogen-bond acceptors (Lipinski definition) is 3. The number of fused-ring (bicyclic) bond motifs is 6. The number of hydrogen-bond donors (Lipinski definition) is 0. The first-order valence-corrected chi connectivity index (χ1v) is 17.1. The van der Waals surface area contributed by atoms with Crippen molar-refractivity contribution in [3.8, 4) is 22.4 Å².